The summed E-state index contributed by atoms with van der Waals surface area (Å²) in [6.07, 6.45) is 3.82. The van der Waals surface area contributed by atoms with E-state index in [4.69, 9.17) is 12.2 Å². The van der Waals surface area contributed by atoms with Crippen molar-refractivity contribution in [2.75, 3.05) is 0 Å². The number of carboxylic acid groups (broad SMARTS) is 1. The monoisotopic (exact) mass is 226 g/mol. The average Bonchev–Trinajstić information content (AvgIpc) is 2.50. The maximum Gasteiger partial charge on any atom is 0.335 e. The van der Waals surface area contributed by atoms with Crippen molar-refractivity contribution < 1.29 is 9.90 Å². The van der Waals surface area contributed by atoms with E-state index in [9.17, 15) is 9.90 Å². The third-order valence-electron chi connectivity index (χ3n) is 3.18. The molecule has 15 heavy (non-hydrogen) atoms. The zero-order chi connectivity index (χ0) is 11.1. The Morgan fingerprint density at radius 1 is 1.47 bits per heavy atom. The summed E-state index contributed by atoms with van der Waals surface area (Å²) < 4.78 is 0. The van der Waals surface area contributed by atoms with Gasteiger partial charge in [0, 0.05) is 5.70 Å². The minimum atomic E-state index is -0.850. The standard InChI is InChI=1S/C10H14N2O2S/c1-6-7(8(13)14)10(4-2-3-5-10)12-9(15)11-6/h2-5H2,1H3,(H,13,14)(H2,11,12,15). The maximum atomic E-state index is 11.3. The molecule has 4 nitrogen and oxygen atoms in total. The van der Waals surface area contributed by atoms with Gasteiger partial charge in [-0.1, -0.05) is 12.8 Å². The van der Waals surface area contributed by atoms with Crippen molar-refractivity contribution in [1.82, 2.24) is 10.6 Å². The molecule has 1 spiro atoms. The third kappa shape index (κ3) is 1.61. The van der Waals surface area contributed by atoms with Crippen LogP contribution in [0.15, 0.2) is 11.3 Å². The van der Waals surface area contributed by atoms with Crippen LogP contribution < -0.4 is 10.6 Å². The van der Waals surface area contributed by atoms with E-state index >= 15 is 0 Å². The van der Waals surface area contributed by atoms with Gasteiger partial charge in [0.25, 0.3) is 0 Å². The molecule has 0 amide bonds. The smallest absolute Gasteiger partial charge is 0.335 e. The summed E-state index contributed by atoms with van der Waals surface area (Å²) in [4.78, 5) is 11.3. The third-order valence-corrected chi connectivity index (χ3v) is 3.38. The second kappa shape index (κ2) is 3.48. The molecule has 0 bridgehead atoms. The Labute approximate surface area is 93.7 Å². The average molecular weight is 226 g/mol. The number of carbonyl (C=O) groups is 1. The van der Waals surface area contributed by atoms with Gasteiger partial charge in [-0.2, -0.15) is 0 Å². The van der Waals surface area contributed by atoms with Gasteiger partial charge in [-0.05, 0) is 32.0 Å². The predicted molar refractivity (Wildman–Crippen MR) is 60.4 cm³/mol. The van der Waals surface area contributed by atoms with E-state index < -0.39 is 11.5 Å². The molecule has 2 rings (SSSR count). The van der Waals surface area contributed by atoms with Crippen LogP contribution in [-0.2, 0) is 4.79 Å². The molecule has 0 aromatic rings. The van der Waals surface area contributed by atoms with Crippen LogP contribution in [-0.4, -0.2) is 21.7 Å². The first-order chi connectivity index (χ1) is 7.05. The van der Waals surface area contributed by atoms with Crippen LogP contribution >= 0.6 is 12.2 Å². The van der Waals surface area contributed by atoms with Crippen LogP contribution in [0.25, 0.3) is 0 Å². The molecule has 5 heteroatoms. The second-order valence-corrected chi connectivity index (χ2v) is 4.58. The van der Waals surface area contributed by atoms with E-state index in [1.165, 1.54) is 0 Å². The van der Waals surface area contributed by atoms with Gasteiger partial charge in [0.15, 0.2) is 5.11 Å². The lowest BCUT2D eigenvalue weighted by atomic mass is 9.85. The molecule has 0 atom stereocenters. The lowest BCUT2D eigenvalue weighted by molar-refractivity contribution is -0.133. The Balaban J connectivity index is 2.47. The van der Waals surface area contributed by atoms with Gasteiger partial charge < -0.3 is 15.7 Å². The highest BCUT2D eigenvalue weighted by Crippen LogP contribution is 2.38. The molecule has 1 saturated carbocycles. The minimum absolute atomic E-state index is 0.418. The van der Waals surface area contributed by atoms with Crippen LogP contribution in [0.5, 0.6) is 0 Å². The fourth-order valence-corrected chi connectivity index (χ4v) is 2.97. The van der Waals surface area contributed by atoms with Gasteiger partial charge in [-0.25, -0.2) is 4.79 Å². The first kappa shape index (κ1) is 10.4. The van der Waals surface area contributed by atoms with Crippen molar-refractivity contribution in [3.8, 4) is 0 Å². The predicted octanol–water partition coefficient (Wildman–Crippen LogP) is 1.14. The minimum Gasteiger partial charge on any atom is -0.478 e. The Morgan fingerprint density at radius 3 is 2.60 bits per heavy atom. The van der Waals surface area contributed by atoms with Crippen LogP contribution in [0.1, 0.15) is 32.6 Å². The fraction of sp³-hybridized carbons (Fsp3) is 0.600. The first-order valence-corrected chi connectivity index (χ1v) is 5.50. The van der Waals surface area contributed by atoms with Crippen molar-refractivity contribution in [3.05, 3.63) is 11.3 Å². The number of hydrogen-bond acceptors (Lipinski definition) is 2. The summed E-state index contributed by atoms with van der Waals surface area (Å²) in [7, 11) is 0. The molecule has 0 aromatic carbocycles. The number of rotatable bonds is 1. The van der Waals surface area contributed by atoms with Gasteiger partial charge in [0.2, 0.25) is 0 Å². The second-order valence-electron chi connectivity index (χ2n) is 4.17. The van der Waals surface area contributed by atoms with Gasteiger partial charge in [-0.3, -0.25) is 0 Å². The molecule has 82 valence electrons. The Kier molecular flexibility index (Phi) is 2.42. The van der Waals surface area contributed by atoms with E-state index in [2.05, 4.69) is 10.6 Å². The summed E-state index contributed by atoms with van der Waals surface area (Å²) in [5.41, 5.74) is 0.708. The highest BCUT2D eigenvalue weighted by Gasteiger charge is 2.44. The number of hydrogen-bond donors (Lipinski definition) is 3. The molecule has 3 N–H and O–H groups in total. The molecule has 0 unspecified atom stereocenters. The van der Waals surface area contributed by atoms with Crippen molar-refractivity contribution in [1.29, 1.82) is 0 Å². The molecule has 0 radical (unpaired) electrons. The topological polar surface area (TPSA) is 61.4 Å². The Hall–Kier alpha value is -1.10. The van der Waals surface area contributed by atoms with E-state index in [0.717, 1.165) is 25.7 Å². The van der Waals surface area contributed by atoms with Crippen LogP contribution in [0.2, 0.25) is 0 Å². The number of nitrogens with one attached hydrogen (secondary N) is 2. The number of carboxylic acids is 1. The summed E-state index contributed by atoms with van der Waals surface area (Å²) in [5, 5.41) is 15.8. The lowest BCUT2D eigenvalue weighted by Crippen LogP contribution is -2.57. The molecule has 1 aliphatic heterocycles. The van der Waals surface area contributed by atoms with Crippen LogP contribution in [0, 0.1) is 0 Å². The Morgan fingerprint density at radius 2 is 2.07 bits per heavy atom. The van der Waals surface area contributed by atoms with E-state index in [-0.39, 0.29) is 0 Å². The van der Waals surface area contributed by atoms with E-state index in [0.29, 0.717) is 16.4 Å². The molecule has 0 saturated heterocycles. The number of aliphatic carboxylic acids is 1. The molecule has 1 aliphatic carbocycles. The molecular weight excluding hydrogens is 212 g/mol. The molecule has 1 fully saturated rings. The van der Waals surface area contributed by atoms with Crippen LogP contribution in [0.4, 0.5) is 0 Å². The molecule has 0 aromatic heterocycles. The highest BCUT2D eigenvalue weighted by molar-refractivity contribution is 7.80. The normalized spacial score (nSPS) is 23.9. The van der Waals surface area contributed by atoms with Gasteiger partial charge in [0.05, 0.1) is 11.1 Å². The maximum absolute atomic E-state index is 11.3. The Bertz CT molecular complexity index is 356. The van der Waals surface area contributed by atoms with Crippen LogP contribution in [0.3, 0.4) is 0 Å². The quantitative estimate of drug-likeness (QED) is 0.585. The summed E-state index contributed by atoms with van der Waals surface area (Å²) >= 11 is 5.08. The lowest BCUT2D eigenvalue weighted by Gasteiger charge is -2.37. The highest BCUT2D eigenvalue weighted by atomic mass is 32.1. The van der Waals surface area contributed by atoms with Gasteiger partial charge >= 0.3 is 5.97 Å². The van der Waals surface area contributed by atoms with E-state index in [1.54, 1.807) is 6.92 Å². The van der Waals surface area contributed by atoms with Gasteiger partial charge in [-0.15, -0.1) is 0 Å². The van der Waals surface area contributed by atoms with E-state index in [1.807, 2.05) is 0 Å². The molecule has 2 aliphatic rings. The number of thiocarbonyl (C=S) groups is 1. The summed E-state index contributed by atoms with van der Waals surface area (Å²) in [5.74, 6) is -0.850. The summed E-state index contributed by atoms with van der Waals surface area (Å²) in [6, 6.07) is 0. The fourth-order valence-electron chi connectivity index (χ4n) is 2.62. The summed E-state index contributed by atoms with van der Waals surface area (Å²) in [6.45, 7) is 1.77. The zero-order valence-corrected chi connectivity index (χ0v) is 9.41. The van der Waals surface area contributed by atoms with Gasteiger partial charge in [0.1, 0.15) is 0 Å². The number of allylic oxidation sites excluding steroid dienone is 1. The van der Waals surface area contributed by atoms with Crippen molar-refractivity contribution in [2.24, 2.45) is 0 Å². The SMILES string of the molecule is CC1=C(C(=O)O)C2(CCCC2)NC(=S)N1. The van der Waals surface area contributed by atoms with Crippen molar-refractivity contribution in [3.63, 3.8) is 0 Å². The zero-order valence-electron chi connectivity index (χ0n) is 8.59. The first-order valence-electron chi connectivity index (χ1n) is 5.09. The van der Waals surface area contributed by atoms with Crippen molar-refractivity contribution >= 4 is 23.3 Å². The largest absolute Gasteiger partial charge is 0.478 e. The van der Waals surface area contributed by atoms with Crippen molar-refractivity contribution in [2.45, 2.75) is 38.1 Å². The molecular formula is C10H14N2O2S. The molecule has 1 heterocycles.